The van der Waals surface area contributed by atoms with Crippen LogP contribution in [0, 0.1) is 28.9 Å². The molecule has 1 atom stereocenters. The van der Waals surface area contributed by atoms with Gasteiger partial charge in [0.15, 0.2) is 0 Å². The number of imidazole rings is 1. The number of aromatic nitrogens is 2. The van der Waals surface area contributed by atoms with E-state index >= 15 is 0 Å². The second kappa shape index (κ2) is 4.94. The second-order valence-electron chi connectivity index (χ2n) is 4.98. The van der Waals surface area contributed by atoms with Crippen LogP contribution in [0.15, 0.2) is 24.3 Å². The van der Waals surface area contributed by atoms with Gasteiger partial charge in [-0.1, -0.05) is 23.6 Å². The third-order valence-electron chi connectivity index (χ3n) is 3.20. The fourth-order valence-electron chi connectivity index (χ4n) is 2.19. The van der Waals surface area contributed by atoms with Gasteiger partial charge in [0.1, 0.15) is 12.6 Å². The Balaban J connectivity index is 1.99. The second-order valence-corrected chi connectivity index (χ2v) is 4.98. The first kappa shape index (κ1) is 13.2. The number of nitro groups is 1. The highest BCUT2D eigenvalue weighted by molar-refractivity contribution is 5.49. The van der Waals surface area contributed by atoms with Gasteiger partial charge >= 0.3 is 11.8 Å². The fourth-order valence-corrected chi connectivity index (χ4v) is 2.19. The maximum atomic E-state index is 11.2. The highest BCUT2D eigenvalue weighted by Gasteiger charge is 2.35. The monoisotopic (exact) mass is 283 g/mol. The molecule has 106 valence electrons. The van der Waals surface area contributed by atoms with Gasteiger partial charge in [-0.15, -0.1) is 0 Å². The van der Waals surface area contributed by atoms with Gasteiger partial charge in [-0.05, 0) is 36.8 Å². The number of aryl methyl sites for hydroxylation is 1. The minimum Gasteiger partial charge on any atom is -0.440 e. The van der Waals surface area contributed by atoms with Crippen molar-refractivity contribution in [2.45, 2.75) is 26.5 Å². The molecule has 1 unspecified atom stereocenters. The molecule has 3 rings (SSSR count). The number of fused-ring (bicyclic) bond motifs is 1. The molecule has 0 spiro atoms. The Kier molecular flexibility index (Phi) is 3.10. The molecule has 0 radical (unpaired) electrons. The summed E-state index contributed by atoms with van der Waals surface area (Å²) in [4.78, 5) is 14.9. The topological polar surface area (TPSA) is 70.2 Å². The first-order chi connectivity index (χ1) is 10.0. The summed E-state index contributed by atoms with van der Waals surface area (Å²) < 4.78 is 6.89. The maximum Gasteiger partial charge on any atom is 0.392 e. The molecule has 21 heavy (non-hydrogen) atoms. The molecule has 0 fully saturated rings. The zero-order valence-electron chi connectivity index (χ0n) is 11.7. The van der Waals surface area contributed by atoms with Crippen LogP contribution in [-0.4, -0.2) is 20.6 Å². The third-order valence-corrected chi connectivity index (χ3v) is 3.20. The van der Waals surface area contributed by atoms with E-state index in [2.05, 4.69) is 16.8 Å². The standard InChI is InChI=1S/C15H13N3O3/c1-10-3-5-12(6-4-10)7-8-13-14(18(19)20)17-9-11(2)21-15(17)16-13/h3-6,11H,9H2,1-2H3. The molecule has 0 aliphatic carbocycles. The van der Waals surface area contributed by atoms with E-state index in [1.807, 2.05) is 38.1 Å². The van der Waals surface area contributed by atoms with E-state index < -0.39 is 4.92 Å². The Hall–Kier alpha value is -2.81. The Morgan fingerprint density at radius 1 is 1.38 bits per heavy atom. The van der Waals surface area contributed by atoms with Gasteiger partial charge in [-0.25, -0.2) is 0 Å². The minimum atomic E-state index is -0.461. The van der Waals surface area contributed by atoms with E-state index in [-0.39, 0.29) is 23.6 Å². The summed E-state index contributed by atoms with van der Waals surface area (Å²) >= 11 is 0. The molecule has 0 saturated heterocycles. The van der Waals surface area contributed by atoms with Crippen molar-refractivity contribution in [1.29, 1.82) is 0 Å². The lowest BCUT2D eigenvalue weighted by atomic mass is 10.1. The van der Waals surface area contributed by atoms with Crippen molar-refractivity contribution in [3.63, 3.8) is 0 Å². The molecule has 1 aromatic carbocycles. The lowest BCUT2D eigenvalue weighted by Gasteiger charge is -1.98. The first-order valence-electron chi connectivity index (χ1n) is 6.55. The molecule has 0 N–H and O–H groups in total. The van der Waals surface area contributed by atoms with Crippen molar-refractivity contribution in [2.75, 3.05) is 0 Å². The van der Waals surface area contributed by atoms with E-state index in [0.29, 0.717) is 6.54 Å². The molecule has 2 aromatic rings. The van der Waals surface area contributed by atoms with Gasteiger partial charge in [-0.2, -0.15) is 9.55 Å². The lowest BCUT2D eigenvalue weighted by Crippen LogP contribution is -2.10. The van der Waals surface area contributed by atoms with Crippen LogP contribution in [0.25, 0.3) is 0 Å². The van der Waals surface area contributed by atoms with Crippen LogP contribution in [-0.2, 0) is 6.54 Å². The zero-order chi connectivity index (χ0) is 15.0. The number of hydrogen-bond acceptors (Lipinski definition) is 4. The van der Waals surface area contributed by atoms with Crippen LogP contribution < -0.4 is 4.74 Å². The lowest BCUT2D eigenvalue weighted by molar-refractivity contribution is -0.392. The van der Waals surface area contributed by atoms with Crippen LogP contribution in [0.2, 0.25) is 0 Å². The Morgan fingerprint density at radius 2 is 2.10 bits per heavy atom. The number of ether oxygens (including phenoxy) is 1. The summed E-state index contributed by atoms with van der Waals surface area (Å²) in [7, 11) is 0. The smallest absolute Gasteiger partial charge is 0.392 e. The van der Waals surface area contributed by atoms with E-state index in [1.165, 1.54) is 4.57 Å². The van der Waals surface area contributed by atoms with Gasteiger partial charge in [-0.3, -0.25) is 0 Å². The molecular weight excluding hydrogens is 270 g/mol. The normalized spacial score (nSPS) is 15.8. The molecule has 1 aliphatic rings. The van der Waals surface area contributed by atoms with E-state index in [1.54, 1.807) is 0 Å². The Morgan fingerprint density at radius 3 is 2.76 bits per heavy atom. The van der Waals surface area contributed by atoms with Gasteiger partial charge < -0.3 is 14.9 Å². The molecule has 0 amide bonds. The largest absolute Gasteiger partial charge is 0.440 e. The van der Waals surface area contributed by atoms with Gasteiger partial charge in [0, 0.05) is 5.56 Å². The zero-order valence-corrected chi connectivity index (χ0v) is 11.7. The summed E-state index contributed by atoms with van der Waals surface area (Å²) in [5.41, 5.74) is 2.06. The molecule has 1 aliphatic heterocycles. The van der Waals surface area contributed by atoms with E-state index in [4.69, 9.17) is 4.74 Å². The van der Waals surface area contributed by atoms with Crippen LogP contribution >= 0.6 is 0 Å². The minimum absolute atomic E-state index is 0.103. The van der Waals surface area contributed by atoms with Crippen molar-refractivity contribution in [3.05, 3.63) is 51.2 Å². The van der Waals surface area contributed by atoms with Gasteiger partial charge in [0.25, 0.3) is 0 Å². The summed E-state index contributed by atoms with van der Waals surface area (Å²) in [6.45, 7) is 4.25. The molecular formula is C15H13N3O3. The van der Waals surface area contributed by atoms with Crippen molar-refractivity contribution >= 4 is 5.82 Å². The SMILES string of the molecule is Cc1ccc(C#Cc2nc3n(c2[N+](=O)[O-])CC(C)O3)cc1. The van der Waals surface area contributed by atoms with Crippen LogP contribution in [0.1, 0.15) is 23.7 Å². The predicted octanol–water partition coefficient (Wildman–Crippen LogP) is 2.28. The quantitative estimate of drug-likeness (QED) is 0.457. The number of hydrogen-bond donors (Lipinski definition) is 0. The summed E-state index contributed by atoms with van der Waals surface area (Å²) in [5.74, 6) is 5.57. The highest BCUT2D eigenvalue weighted by atomic mass is 16.6. The predicted molar refractivity (Wildman–Crippen MR) is 76.1 cm³/mol. The van der Waals surface area contributed by atoms with E-state index in [0.717, 1.165) is 11.1 Å². The maximum absolute atomic E-state index is 11.2. The van der Waals surface area contributed by atoms with Crippen molar-refractivity contribution < 1.29 is 9.66 Å². The average Bonchev–Trinajstić information content (AvgIpc) is 2.93. The van der Waals surface area contributed by atoms with E-state index in [9.17, 15) is 10.1 Å². The average molecular weight is 283 g/mol. The molecule has 6 heteroatoms. The van der Waals surface area contributed by atoms with Gasteiger partial charge in [0.05, 0.1) is 0 Å². The van der Waals surface area contributed by atoms with Gasteiger partial charge in [0.2, 0.25) is 5.69 Å². The molecule has 0 bridgehead atoms. The molecule has 0 saturated carbocycles. The van der Waals surface area contributed by atoms with Crippen LogP contribution in [0.5, 0.6) is 6.01 Å². The van der Waals surface area contributed by atoms with Crippen LogP contribution in [0.4, 0.5) is 5.82 Å². The number of nitrogens with zero attached hydrogens (tertiary/aromatic N) is 3. The molecule has 6 nitrogen and oxygen atoms in total. The highest BCUT2D eigenvalue weighted by Crippen LogP contribution is 2.30. The first-order valence-corrected chi connectivity index (χ1v) is 6.55. The molecule has 1 aromatic heterocycles. The summed E-state index contributed by atoms with van der Waals surface area (Å²) in [6, 6.07) is 7.89. The Labute approximate surface area is 121 Å². The fraction of sp³-hybridized carbons (Fsp3) is 0.267. The van der Waals surface area contributed by atoms with Crippen LogP contribution in [0.3, 0.4) is 0 Å². The summed E-state index contributed by atoms with van der Waals surface area (Å²) in [5, 5.41) is 11.2. The van der Waals surface area contributed by atoms with Crippen molar-refractivity contribution in [3.8, 4) is 17.9 Å². The summed E-state index contributed by atoms with van der Waals surface area (Å²) in [6.07, 6.45) is -0.106. The number of rotatable bonds is 1. The van der Waals surface area contributed by atoms with Crippen molar-refractivity contribution in [2.24, 2.45) is 0 Å². The molecule has 2 heterocycles. The number of benzene rings is 1. The third kappa shape index (κ3) is 2.46. The van der Waals surface area contributed by atoms with Crippen molar-refractivity contribution in [1.82, 2.24) is 9.55 Å². The Bertz CT molecular complexity index is 766.